The summed E-state index contributed by atoms with van der Waals surface area (Å²) >= 11 is 0. The molecular formula is C20H21F3N4O3S. The van der Waals surface area contributed by atoms with Crippen molar-refractivity contribution in [2.75, 3.05) is 42.5 Å². The number of hydrogen-bond donors (Lipinski definition) is 0. The molecular weight excluding hydrogens is 433 g/mol. The number of nitrogens with zero attached hydrogens (tertiary/aromatic N) is 4. The van der Waals surface area contributed by atoms with E-state index in [4.69, 9.17) is 0 Å². The number of carbonyl (C=O) groups excluding carboxylic acids is 1. The van der Waals surface area contributed by atoms with Crippen molar-refractivity contribution in [3.05, 3.63) is 47.7 Å². The smallest absolute Gasteiger partial charge is 0.354 e. The van der Waals surface area contributed by atoms with Gasteiger partial charge in [0.1, 0.15) is 5.82 Å². The van der Waals surface area contributed by atoms with Crippen LogP contribution in [0.3, 0.4) is 0 Å². The fourth-order valence-electron chi connectivity index (χ4n) is 3.94. The van der Waals surface area contributed by atoms with Gasteiger partial charge in [0.25, 0.3) is 0 Å². The highest BCUT2D eigenvalue weighted by Crippen LogP contribution is 2.33. The Kier molecular flexibility index (Phi) is 5.42. The molecule has 2 aliphatic rings. The Balaban J connectivity index is 1.48. The van der Waals surface area contributed by atoms with E-state index in [1.807, 2.05) is 0 Å². The van der Waals surface area contributed by atoms with Crippen LogP contribution in [0.1, 0.15) is 18.1 Å². The highest BCUT2D eigenvalue weighted by molar-refractivity contribution is 7.89. The number of halogens is 3. The Labute approximate surface area is 178 Å². The number of alkyl halides is 3. The molecule has 1 aromatic heterocycles. The van der Waals surface area contributed by atoms with E-state index in [1.165, 1.54) is 17.3 Å². The van der Waals surface area contributed by atoms with Gasteiger partial charge in [0.05, 0.1) is 10.5 Å². The molecule has 0 atom stereocenters. The maximum Gasteiger partial charge on any atom is 0.416 e. The van der Waals surface area contributed by atoms with Gasteiger partial charge in [-0.3, -0.25) is 4.79 Å². The molecule has 0 N–H and O–H groups in total. The molecule has 7 nitrogen and oxygen atoms in total. The minimum Gasteiger partial charge on any atom is -0.354 e. The number of hydrogen-bond acceptors (Lipinski definition) is 5. The van der Waals surface area contributed by atoms with E-state index in [-0.39, 0.29) is 42.8 Å². The third-order valence-corrected chi connectivity index (χ3v) is 7.49. The number of benzene rings is 1. The van der Waals surface area contributed by atoms with Crippen LogP contribution in [0.2, 0.25) is 0 Å². The Bertz CT molecular complexity index is 1110. The quantitative estimate of drug-likeness (QED) is 0.713. The second-order valence-electron chi connectivity index (χ2n) is 7.50. The zero-order chi connectivity index (χ0) is 22.4. The third kappa shape index (κ3) is 4.11. The molecule has 1 fully saturated rings. The summed E-state index contributed by atoms with van der Waals surface area (Å²) in [6.07, 6.45) is -2.77. The van der Waals surface area contributed by atoms with Gasteiger partial charge in [0.15, 0.2) is 0 Å². The van der Waals surface area contributed by atoms with Crippen LogP contribution in [0, 0.1) is 0 Å². The maximum absolute atomic E-state index is 13.1. The van der Waals surface area contributed by atoms with E-state index in [0.29, 0.717) is 13.0 Å². The first-order valence-corrected chi connectivity index (χ1v) is 11.2. The minimum absolute atomic E-state index is 0.0892. The van der Waals surface area contributed by atoms with E-state index in [9.17, 15) is 26.4 Å². The second-order valence-corrected chi connectivity index (χ2v) is 9.44. The Hall–Kier alpha value is -2.66. The first-order chi connectivity index (χ1) is 14.6. The Morgan fingerprint density at radius 2 is 1.74 bits per heavy atom. The first kappa shape index (κ1) is 21.6. The van der Waals surface area contributed by atoms with Gasteiger partial charge in [-0.25, -0.2) is 13.4 Å². The molecule has 2 aromatic rings. The van der Waals surface area contributed by atoms with Gasteiger partial charge in [0.2, 0.25) is 15.9 Å². The number of amides is 1. The number of carbonyl (C=O) groups is 1. The normalized spacial score (nSPS) is 17.7. The molecule has 0 unspecified atom stereocenters. The zero-order valence-electron chi connectivity index (χ0n) is 16.8. The van der Waals surface area contributed by atoms with Crippen molar-refractivity contribution in [2.45, 2.75) is 24.4 Å². The number of aromatic nitrogens is 1. The SMILES string of the molecule is CC(=O)N1CCc2cc(S(=O)(=O)N3CCN(c4cc(C(F)(F)F)ccn4)CC3)ccc21. The topological polar surface area (TPSA) is 73.8 Å². The molecule has 0 spiro atoms. The van der Waals surface area contributed by atoms with Crippen LogP contribution in [-0.2, 0) is 27.4 Å². The average Bonchev–Trinajstić information content (AvgIpc) is 3.17. The summed E-state index contributed by atoms with van der Waals surface area (Å²) in [5.74, 6) is 0.0856. The standard InChI is InChI=1S/C20H21F3N4O3S/c1-14(28)27-7-5-15-12-17(2-3-18(15)27)31(29,30)26-10-8-25(9-11-26)19-13-16(4-6-24-19)20(21,22)23/h2-4,6,12-13H,5,7-11H2,1H3. The summed E-state index contributed by atoms with van der Waals surface area (Å²) in [6, 6.07) is 6.64. The fraction of sp³-hybridized carbons (Fsp3) is 0.400. The largest absolute Gasteiger partial charge is 0.416 e. The predicted octanol–water partition coefficient (Wildman–Crippen LogP) is 2.52. The average molecular weight is 454 g/mol. The summed E-state index contributed by atoms with van der Waals surface area (Å²) < 4.78 is 66.4. The number of pyridine rings is 1. The highest BCUT2D eigenvalue weighted by Gasteiger charge is 2.33. The Morgan fingerprint density at radius 3 is 2.39 bits per heavy atom. The maximum atomic E-state index is 13.1. The van der Waals surface area contributed by atoms with Gasteiger partial charge in [-0.15, -0.1) is 0 Å². The second kappa shape index (κ2) is 7.79. The summed E-state index contributed by atoms with van der Waals surface area (Å²) in [5, 5.41) is 0. The number of fused-ring (bicyclic) bond motifs is 1. The number of rotatable bonds is 3. The van der Waals surface area contributed by atoms with Gasteiger partial charge in [0, 0.05) is 51.5 Å². The molecule has 1 amide bonds. The van der Waals surface area contributed by atoms with Gasteiger partial charge < -0.3 is 9.80 Å². The number of piperazine rings is 1. The van der Waals surface area contributed by atoms with Crippen molar-refractivity contribution in [1.82, 2.24) is 9.29 Å². The molecule has 2 aliphatic heterocycles. The number of anilines is 2. The molecule has 0 saturated carbocycles. The van der Waals surface area contributed by atoms with Gasteiger partial charge in [-0.1, -0.05) is 0 Å². The summed E-state index contributed by atoms with van der Waals surface area (Å²) in [5.41, 5.74) is 0.750. The van der Waals surface area contributed by atoms with E-state index < -0.39 is 21.8 Å². The lowest BCUT2D eigenvalue weighted by molar-refractivity contribution is -0.137. The van der Waals surface area contributed by atoms with Gasteiger partial charge in [-0.05, 0) is 42.3 Å². The molecule has 166 valence electrons. The van der Waals surface area contributed by atoms with E-state index >= 15 is 0 Å². The molecule has 0 bridgehead atoms. The molecule has 3 heterocycles. The van der Waals surface area contributed by atoms with Crippen LogP contribution in [0.25, 0.3) is 0 Å². The third-order valence-electron chi connectivity index (χ3n) is 5.60. The zero-order valence-corrected chi connectivity index (χ0v) is 17.6. The molecule has 31 heavy (non-hydrogen) atoms. The fourth-order valence-corrected chi connectivity index (χ4v) is 5.41. The van der Waals surface area contributed by atoms with Crippen molar-refractivity contribution in [3.8, 4) is 0 Å². The van der Waals surface area contributed by atoms with Crippen LogP contribution in [0.5, 0.6) is 0 Å². The Morgan fingerprint density at radius 1 is 1.03 bits per heavy atom. The molecule has 1 saturated heterocycles. The molecule has 0 aliphatic carbocycles. The van der Waals surface area contributed by atoms with Gasteiger partial charge >= 0.3 is 6.18 Å². The molecule has 11 heteroatoms. The highest BCUT2D eigenvalue weighted by atomic mass is 32.2. The molecule has 1 aromatic carbocycles. The summed E-state index contributed by atoms with van der Waals surface area (Å²) in [7, 11) is -3.76. The van der Waals surface area contributed by atoms with Crippen LogP contribution in [0.15, 0.2) is 41.4 Å². The van der Waals surface area contributed by atoms with Crippen LogP contribution in [0.4, 0.5) is 24.7 Å². The summed E-state index contributed by atoms with van der Waals surface area (Å²) in [6.45, 7) is 2.73. The van der Waals surface area contributed by atoms with Gasteiger partial charge in [-0.2, -0.15) is 17.5 Å². The lowest BCUT2D eigenvalue weighted by Gasteiger charge is -2.35. The van der Waals surface area contributed by atoms with E-state index in [0.717, 1.165) is 29.6 Å². The van der Waals surface area contributed by atoms with Crippen molar-refractivity contribution < 1.29 is 26.4 Å². The van der Waals surface area contributed by atoms with Crippen molar-refractivity contribution >= 4 is 27.4 Å². The first-order valence-electron chi connectivity index (χ1n) is 9.77. The van der Waals surface area contributed by atoms with E-state index in [1.54, 1.807) is 21.9 Å². The molecule has 0 radical (unpaired) electrons. The van der Waals surface area contributed by atoms with Crippen molar-refractivity contribution in [2.24, 2.45) is 0 Å². The monoisotopic (exact) mass is 454 g/mol. The summed E-state index contributed by atoms with van der Waals surface area (Å²) in [4.78, 5) is 19.1. The number of sulfonamides is 1. The van der Waals surface area contributed by atoms with Crippen LogP contribution < -0.4 is 9.80 Å². The van der Waals surface area contributed by atoms with E-state index in [2.05, 4.69) is 4.98 Å². The predicted molar refractivity (Wildman–Crippen MR) is 108 cm³/mol. The lowest BCUT2D eigenvalue weighted by atomic mass is 10.2. The van der Waals surface area contributed by atoms with Crippen LogP contribution in [-0.4, -0.2) is 56.3 Å². The van der Waals surface area contributed by atoms with Crippen LogP contribution >= 0.6 is 0 Å². The van der Waals surface area contributed by atoms with Crippen molar-refractivity contribution in [3.63, 3.8) is 0 Å². The lowest BCUT2D eigenvalue weighted by Crippen LogP contribution is -2.49. The minimum atomic E-state index is -4.46. The van der Waals surface area contributed by atoms with Crippen molar-refractivity contribution in [1.29, 1.82) is 0 Å². The molecule has 4 rings (SSSR count).